The minimum absolute atomic E-state index is 0.103. The average Bonchev–Trinajstić information content (AvgIpc) is 2.22. The third kappa shape index (κ3) is 2.94. The number of aryl methyl sites for hydroxylation is 1. The van der Waals surface area contributed by atoms with Crippen LogP contribution in [0.15, 0.2) is 18.2 Å². The van der Waals surface area contributed by atoms with Gasteiger partial charge in [-0.2, -0.15) is 0 Å². The summed E-state index contributed by atoms with van der Waals surface area (Å²) >= 11 is 5.98. The number of rotatable bonds is 3. The summed E-state index contributed by atoms with van der Waals surface area (Å²) in [6.07, 6.45) is 0. The third-order valence-electron chi connectivity index (χ3n) is 2.27. The molecular weight excluding hydrogens is 212 g/mol. The molecule has 1 unspecified atom stereocenters. The number of halogens is 1. The van der Waals surface area contributed by atoms with Gasteiger partial charge in [-0.15, -0.1) is 0 Å². The molecule has 0 saturated heterocycles. The van der Waals surface area contributed by atoms with E-state index in [1.165, 1.54) is 0 Å². The van der Waals surface area contributed by atoms with Crippen molar-refractivity contribution in [3.05, 3.63) is 28.8 Å². The van der Waals surface area contributed by atoms with E-state index in [-0.39, 0.29) is 11.8 Å². The van der Waals surface area contributed by atoms with Crippen molar-refractivity contribution in [3.8, 4) is 0 Å². The van der Waals surface area contributed by atoms with Crippen molar-refractivity contribution in [3.63, 3.8) is 0 Å². The van der Waals surface area contributed by atoms with Crippen molar-refractivity contribution in [1.82, 2.24) is 0 Å². The van der Waals surface area contributed by atoms with Crippen LogP contribution in [0, 0.1) is 12.8 Å². The first-order chi connectivity index (χ1) is 7.06. The minimum atomic E-state index is -0.208. The van der Waals surface area contributed by atoms with E-state index in [9.17, 15) is 4.79 Å². The molecule has 0 aliphatic heterocycles. The van der Waals surface area contributed by atoms with Crippen LogP contribution in [0.1, 0.15) is 12.5 Å². The number of amides is 1. The largest absolute Gasteiger partial charge is 0.330 e. The zero-order chi connectivity index (χ0) is 11.4. The zero-order valence-corrected chi connectivity index (χ0v) is 9.64. The monoisotopic (exact) mass is 226 g/mol. The summed E-state index contributed by atoms with van der Waals surface area (Å²) in [4.78, 5) is 11.6. The van der Waals surface area contributed by atoms with Gasteiger partial charge in [-0.05, 0) is 18.6 Å². The molecule has 82 valence electrons. The van der Waals surface area contributed by atoms with Crippen LogP contribution in [-0.4, -0.2) is 12.5 Å². The van der Waals surface area contributed by atoms with E-state index in [0.717, 1.165) is 5.56 Å². The molecule has 1 aromatic rings. The van der Waals surface area contributed by atoms with Gasteiger partial charge in [-0.25, -0.2) is 0 Å². The maximum atomic E-state index is 11.6. The van der Waals surface area contributed by atoms with Gasteiger partial charge in [0, 0.05) is 12.5 Å². The Balaban J connectivity index is 2.85. The average molecular weight is 227 g/mol. The molecule has 4 heteroatoms. The maximum Gasteiger partial charge on any atom is 0.228 e. The van der Waals surface area contributed by atoms with E-state index in [1.54, 1.807) is 13.0 Å². The Kier molecular flexibility index (Phi) is 4.12. The molecule has 1 aromatic carbocycles. The molecule has 0 heterocycles. The Morgan fingerprint density at radius 1 is 1.60 bits per heavy atom. The number of nitrogens with one attached hydrogen (secondary N) is 1. The number of anilines is 1. The number of carbonyl (C=O) groups is 1. The van der Waals surface area contributed by atoms with E-state index in [0.29, 0.717) is 17.3 Å². The van der Waals surface area contributed by atoms with E-state index in [4.69, 9.17) is 17.3 Å². The minimum Gasteiger partial charge on any atom is -0.330 e. The van der Waals surface area contributed by atoms with Gasteiger partial charge in [-0.3, -0.25) is 4.79 Å². The number of carbonyl (C=O) groups excluding carboxylic acids is 1. The van der Waals surface area contributed by atoms with Gasteiger partial charge in [0.25, 0.3) is 0 Å². The molecule has 0 fully saturated rings. The topological polar surface area (TPSA) is 55.1 Å². The molecular formula is C11H15ClN2O. The van der Waals surface area contributed by atoms with Gasteiger partial charge in [0.2, 0.25) is 5.91 Å². The molecule has 0 radical (unpaired) electrons. The molecule has 1 atom stereocenters. The van der Waals surface area contributed by atoms with Gasteiger partial charge in [-0.1, -0.05) is 30.7 Å². The van der Waals surface area contributed by atoms with Crippen molar-refractivity contribution in [2.24, 2.45) is 11.7 Å². The van der Waals surface area contributed by atoms with Crippen LogP contribution in [0.4, 0.5) is 5.69 Å². The summed E-state index contributed by atoms with van der Waals surface area (Å²) in [5, 5.41) is 3.33. The molecule has 1 amide bonds. The van der Waals surface area contributed by atoms with Crippen LogP contribution in [0.5, 0.6) is 0 Å². The Labute approximate surface area is 94.6 Å². The summed E-state index contributed by atoms with van der Waals surface area (Å²) in [6, 6.07) is 5.49. The second kappa shape index (κ2) is 5.14. The summed E-state index contributed by atoms with van der Waals surface area (Å²) in [5.74, 6) is -0.311. The number of para-hydroxylation sites is 1. The first kappa shape index (κ1) is 12.0. The Morgan fingerprint density at radius 2 is 2.27 bits per heavy atom. The number of hydrogen-bond acceptors (Lipinski definition) is 2. The zero-order valence-electron chi connectivity index (χ0n) is 8.88. The molecule has 3 nitrogen and oxygen atoms in total. The van der Waals surface area contributed by atoms with Gasteiger partial charge in [0.15, 0.2) is 0 Å². The van der Waals surface area contributed by atoms with Crippen LogP contribution in [-0.2, 0) is 4.79 Å². The smallest absolute Gasteiger partial charge is 0.228 e. The van der Waals surface area contributed by atoms with Crippen molar-refractivity contribution in [2.45, 2.75) is 13.8 Å². The Morgan fingerprint density at radius 3 is 2.80 bits per heavy atom. The van der Waals surface area contributed by atoms with Gasteiger partial charge in [0.05, 0.1) is 10.7 Å². The number of nitrogens with two attached hydrogens (primary N) is 1. The summed E-state index contributed by atoms with van der Waals surface area (Å²) in [7, 11) is 0. The highest BCUT2D eigenvalue weighted by atomic mass is 35.5. The Bertz CT molecular complexity index is 345. The standard InChI is InChI=1S/C11H15ClN2O/c1-7-4-3-5-9(12)10(7)14-11(15)8(2)6-13/h3-5,8H,6,13H2,1-2H3,(H,14,15). The molecule has 1 rings (SSSR count). The van der Waals surface area contributed by atoms with E-state index in [2.05, 4.69) is 5.32 Å². The lowest BCUT2D eigenvalue weighted by Crippen LogP contribution is -2.27. The highest BCUT2D eigenvalue weighted by molar-refractivity contribution is 6.33. The number of hydrogen-bond donors (Lipinski definition) is 2. The number of benzene rings is 1. The van der Waals surface area contributed by atoms with E-state index >= 15 is 0 Å². The molecule has 15 heavy (non-hydrogen) atoms. The predicted octanol–water partition coefficient (Wildman–Crippen LogP) is 2.18. The summed E-state index contributed by atoms with van der Waals surface area (Å²) in [5.41, 5.74) is 7.02. The van der Waals surface area contributed by atoms with Crippen LogP contribution in [0.2, 0.25) is 5.02 Å². The normalized spacial score (nSPS) is 12.3. The van der Waals surface area contributed by atoms with Crippen molar-refractivity contribution in [2.75, 3.05) is 11.9 Å². The first-order valence-electron chi connectivity index (χ1n) is 4.82. The molecule has 3 N–H and O–H groups in total. The van der Waals surface area contributed by atoms with Crippen LogP contribution >= 0.6 is 11.6 Å². The van der Waals surface area contributed by atoms with Crippen LogP contribution < -0.4 is 11.1 Å². The molecule has 0 spiro atoms. The molecule has 0 aromatic heterocycles. The van der Waals surface area contributed by atoms with Crippen LogP contribution in [0.25, 0.3) is 0 Å². The van der Waals surface area contributed by atoms with Crippen molar-refractivity contribution < 1.29 is 4.79 Å². The van der Waals surface area contributed by atoms with Crippen molar-refractivity contribution in [1.29, 1.82) is 0 Å². The summed E-state index contributed by atoms with van der Waals surface area (Å²) in [6.45, 7) is 4.01. The highest BCUT2D eigenvalue weighted by Crippen LogP contribution is 2.25. The quantitative estimate of drug-likeness (QED) is 0.830. The lowest BCUT2D eigenvalue weighted by molar-refractivity contribution is -0.119. The Hall–Kier alpha value is -1.06. The second-order valence-corrected chi connectivity index (χ2v) is 3.96. The lowest BCUT2D eigenvalue weighted by atomic mass is 10.1. The lowest BCUT2D eigenvalue weighted by Gasteiger charge is -2.13. The molecule has 0 bridgehead atoms. The summed E-state index contributed by atoms with van der Waals surface area (Å²) < 4.78 is 0. The fourth-order valence-corrected chi connectivity index (χ4v) is 1.41. The predicted molar refractivity (Wildman–Crippen MR) is 63.0 cm³/mol. The second-order valence-electron chi connectivity index (χ2n) is 3.56. The molecule has 0 saturated carbocycles. The van der Waals surface area contributed by atoms with Gasteiger partial charge in [0.1, 0.15) is 0 Å². The SMILES string of the molecule is Cc1cccc(Cl)c1NC(=O)C(C)CN. The van der Waals surface area contributed by atoms with Gasteiger partial charge >= 0.3 is 0 Å². The highest BCUT2D eigenvalue weighted by Gasteiger charge is 2.13. The first-order valence-corrected chi connectivity index (χ1v) is 5.20. The van der Waals surface area contributed by atoms with Crippen LogP contribution in [0.3, 0.4) is 0 Å². The van der Waals surface area contributed by atoms with Crippen molar-refractivity contribution >= 4 is 23.2 Å². The fraction of sp³-hybridized carbons (Fsp3) is 0.364. The van der Waals surface area contributed by atoms with Gasteiger partial charge < -0.3 is 11.1 Å². The third-order valence-corrected chi connectivity index (χ3v) is 2.59. The van der Waals surface area contributed by atoms with E-state index < -0.39 is 0 Å². The molecule has 0 aliphatic carbocycles. The molecule has 0 aliphatic rings. The maximum absolute atomic E-state index is 11.6. The fourth-order valence-electron chi connectivity index (χ4n) is 1.14. The van der Waals surface area contributed by atoms with E-state index in [1.807, 2.05) is 19.1 Å².